The van der Waals surface area contributed by atoms with E-state index in [-0.39, 0.29) is 0 Å². The predicted molar refractivity (Wildman–Crippen MR) is 71.1 cm³/mol. The van der Waals surface area contributed by atoms with Crippen LogP contribution in [-0.2, 0) is 6.54 Å². The first-order chi connectivity index (χ1) is 8.47. The maximum absolute atomic E-state index is 5.00. The summed E-state index contributed by atoms with van der Waals surface area (Å²) in [5, 5.41) is 7.56. The summed E-state index contributed by atoms with van der Waals surface area (Å²) >= 11 is 0. The van der Waals surface area contributed by atoms with Crippen LogP contribution in [0.25, 0.3) is 0 Å². The molecule has 1 aromatic heterocycles. The monoisotopic (exact) mass is 251 g/mol. The Bertz CT molecular complexity index is 381. The lowest BCUT2D eigenvalue weighted by atomic mass is 9.69. The van der Waals surface area contributed by atoms with Crippen molar-refractivity contribution in [1.29, 1.82) is 0 Å². The average molecular weight is 251 g/mol. The third-order valence-corrected chi connectivity index (χ3v) is 3.97. The summed E-state index contributed by atoms with van der Waals surface area (Å²) in [5.74, 6) is 2.15. The molecule has 102 valence electrons. The number of rotatable bonds is 3. The van der Waals surface area contributed by atoms with Crippen LogP contribution in [0.5, 0.6) is 0 Å². The lowest BCUT2D eigenvalue weighted by Crippen LogP contribution is -2.44. The Morgan fingerprint density at radius 3 is 2.61 bits per heavy atom. The Labute approximate surface area is 110 Å². The van der Waals surface area contributed by atoms with Crippen LogP contribution >= 0.6 is 0 Å². The number of aryl methyl sites for hydroxylation is 1. The van der Waals surface area contributed by atoms with Crippen molar-refractivity contribution in [2.75, 3.05) is 0 Å². The highest BCUT2D eigenvalue weighted by Crippen LogP contribution is 2.38. The second-order valence-electron chi connectivity index (χ2n) is 6.47. The standard InChI is InChI=1S/C14H25N3O/c1-10-16-13(17-18-10)9-15-12-8-6-5-7-11(12)14(2,3)4/h11-12,15H,5-9H2,1-4H3. The quantitative estimate of drug-likeness (QED) is 0.897. The van der Waals surface area contributed by atoms with Crippen molar-refractivity contribution in [3.63, 3.8) is 0 Å². The van der Waals surface area contributed by atoms with Crippen molar-refractivity contribution in [2.24, 2.45) is 11.3 Å². The molecule has 18 heavy (non-hydrogen) atoms. The van der Waals surface area contributed by atoms with Gasteiger partial charge in [0.1, 0.15) is 0 Å². The number of nitrogens with one attached hydrogen (secondary N) is 1. The Kier molecular flexibility index (Phi) is 4.05. The molecule has 1 saturated carbocycles. The van der Waals surface area contributed by atoms with Gasteiger partial charge in [-0.1, -0.05) is 38.8 Å². The summed E-state index contributed by atoms with van der Waals surface area (Å²) in [5.41, 5.74) is 0.366. The van der Waals surface area contributed by atoms with Crippen LogP contribution in [0.4, 0.5) is 0 Å². The van der Waals surface area contributed by atoms with Gasteiger partial charge >= 0.3 is 0 Å². The summed E-state index contributed by atoms with van der Waals surface area (Å²) in [6.45, 7) is 9.58. The summed E-state index contributed by atoms with van der Waals surface area (Å²) in [6.07, 6.45) is 5.28. The lowest BCUT2D eigenvalue weighted by Gasteiger charge is -2.40. The van der Waals surface area contributed by atoms with E-state index < -0.39 is 0 Å². The molecule has 1 aliphatic carbocycles. The van der Waals surface area contributed by atoms with Crippen LogP contribution in [0.15, 0.2) is 4.52 Å². The number of nitrogens with zero attached hydrogens (tertiary/aromatic N) is 2. The Hall–Kier alpha value is -0.900. The zero-order valence-electron chi connectivity index (χ0n) is 12.0. The predicted octanol–water partition coefficient (Wildman–Crippen LogP) is 3.07. The molecule has 0 spiro atoms. The van der Waals surface area contributed by atoms with Gasteiger partial charge in [-0.3, -0.25) is 0 Å². The highest BCUT2D eigenvalue weighted by molar-refractivity contribution is 4.90. The Morgan fingerprint density at radius 1 is 1.28 bits per heavy atom. The highest BCUT2D eigenvalue weighted by atomic mass is 16.5. The minimum Gasteiger partial charge on any atom is -0.340 e. The van der Waals surface area contributed by atoms with E-state index in [4.69, 9.17) is 4.52 Å². The topological polar surface area (TPSA) is 51.0 Å². The van der Waals surface area contributed by atoms with Gasteiger partial charge in [-0.15, -0.1) is 0 Å². The van der Waals surface area contributed by atoms with Crippen LogP contribution in [0, 0.1) is 18.3 Å². The van der Waals surface area contributed by atoms with Gasteiger partial charge < -0.3 is 9.84 Å². The SMILES string of the molecule is Cc1nc(CNC2CCCCC2C(C)(C)C)no1. The molecule has 0 aliphatic heterocycles. The van der Waals surface area contributed by atoms with Crippen LogP contribution in [-0.4, -0.2) is 16.2 Å². The van der Waals surface area contributed by atoms with Crippen molar-refractivity contribution in [3.8, 4) is 0 Å². The van der Waals surface area contributed by atoms with Crippen molar-refractivity contribution in [1.82, 2.24) is 15.5 Å². The largest absolute Gasteiger partial charge is 0.340 e. The average Bonchev–Trinajstić information content (AvgIpc) is 2.72. The van der Waals surface area contributed by atoms with E-state index in [1.807, 2.05) is 6.92 Å². The van der Waals surface area contributed by atoms with Gasteiger partial charge in [-0.2, -0.15) is 4.98 Å². The fourth-order valence-corrected chi connectivity index (χ4v) is 3.05. The van der Waals surface area contributed by atoms with Crippen molar-refractivity contribution < 1.29 is 4.52 Å². The molecular weight excluding hydrogens is 226 g/mol. The second-order valence-corrected chi connectivity index (χ2v) is 6.47. The molecule has 0 aromatic carbocycles. The third kappa shape index (κ3) is 3.31. The van der Waals surface area contributed by atoms with Gasteiger partial charge in [0.05, 0.1) is 6.54 Å². The van der Waals surface area contributed by atoms with E-state index in [1.54, 1.807) is 0 Å². The molecule has 1 aromatic rings. The summed E-state index contributed by atoms with van der Waals surface area (Å²) in [6, 6.07) is 0.581. The zero-order valence-corrected chi connectivity index (χ0v) is 12.0. The lowest BCUT2D eigenvalue weighted by molar-refractivity contribution is 0.129. The molecule has 2 rings (SSSR count). The first-order valence-corrected chi connectivity index (χ1v) is 6.99. The molecule has 0 bridgehead atoms. The molecule has 1 aliphatic rings. The molecule has 1 N–H and O–H groups in total. The van der Waals surface area contributed by atoms with Crippen LogP contribution in [0.1, 0.15) is 58.2 Å². The molecule has 2 atom stereocenters. The molecule has 0 radical (unpaired) electrons. The molecule has 1 heterocycles. The number of hydrogen-bond donors (Lipinski definition) is 1. The maximum atomic E-state index is 5.00. The fourth-order valence-electron chi connectivity index (χ4n) is 3.05. The molecular formula is C14H25N3O. The Morgan fingerprint density at radius 2 is 2.00 bits per heavy atom. The zero-order chi connectivity index (χ0) is 13.2. The van der Waals surface area contributed by atoms with Crippen LogP contribution in [0.2, 0.25) is 0 Å². The number of hydrogen-bond acceptors (Lipinski definition) is 4. The minimum absolute atomic E-state index is 0.366. The molecule has 0 saturated heterocycles. The van der Waals surface area contributed by atoms with Gasteiger partial charge in [0.25, 0.3) is 0 Å². The smallest absolute Gasteiger partial charge is 0.223 e. The van der Waals surface area contributed by atoms with E-state index in [9.17, 15) is 0 Å². The van der Waals surface area contributed by atoms with E-state index in [0.29, 0.717) is 23.9 Å². The highest BCUT2D eigenvalue weighted by Gasteiger charge is 2.33. The van der Waals surface area contributed by atoms with Gasteiger partial charge in [0.15, 0.2) is 5.82 Å². The summed E-state index contributed by atoms with van der Waals surface area (Å²) in [7, 11) is 0. The minimum atomic E-state index is 0.366. The molecule has 4 heteroatoms. The summed E-state index contributed by atoms with van der Waals surface area (Å²) in [4.78, 5) is 4.24. The van der Waals surface area contributed by atoms with E-state index >= 15 is 0 Å². The molecule has 1 fully saturated rings. The van der Waals surface area contributed by atoms with Crippen molar-refractivity contribution in [3.05, 3.63) is 11.7 Å². The summed E-state index contributed by atoms with van der Waals surface area (Å²) < 4.78 is 5.00. The maximum Gasteiger partial charge on any atom is 0.223 e. The van der Waals surface area contributed by atoms with Gasteiger partial charge in [0.2, 0.25) is 5.89 Å². The first kappa shape index (κ1) is 13.5. The fraction of sp³-hybridized carbons (Fsp3) is 0.857. The van der Waals surface area contributed by atoms with Crippen molar-refractivity contribution in [2.45, 2.75) is 66.0 Å². The van der Waals surface area contributed by atoms with Crippen LogP contribution < -0.4 is 5.32 Å². The van der Waals surface area contributed by atoms with Gasteiger partial charge in [0, 0.05) is 13.0 Å². The first-order valence-electron chi connectivity index (χ1n) is 6.99. The number of aromatic nitrogens is 2. The Balaban J connectivity index is 1.93. The van der Waals surface area contributed by atoms with E-state index in [2.05, 4.69) is 36.2 Å². The van der Waals surface area contributed by atoms with E-state index in [1.165, 1.54) is 25.7 Å². The van der Waals surface area contributed by atoms with Gasteiger partial charge in [-0.25, -0.2) is 0 Å². The second kappa shape index (κ2) is 5.39. The normalized spacial score (nSPS) is 25.3. The van der Waals surface area contributed by atoms with E-state index in [0.717, 1.165) is 11.7 Å². The molecule has 2 unspecified atom stereocenters. The van der Waals surface area contributed by atoms with Crippen molar-refractivity contribution >= 4 is 0 Å². The third-order valence-electron chi connectivity index (χ3n) is 3.97. The molecule has 0 amide bonds. The van der Waals surface area contributed by atoms with Gasteiger partial charge in [-0.05, 0) is 24.2 Å². The molecule has 4 nitrogen and oxygen atoms in total. The van der Waals surface area contributed by atoms with Crippen LogP contribution in [0.3, 0.4) is 0 Å².